The van der Waals surface area contributed by atoms with Gasteiger partial charge in [-0.3, -0.25) is 19.2 Å². The Morgan fingerprint density at radius 1 is 1.18 bits per heavy atom. The van der Waals surface area contributed by atoms with Crippen molar-refractivity contribution in [3.63, 3.8) is 0 Å². The smallest absolute Gasteiger partial charge is 0.271 e. The Kier molecular flexibility index (Phi) is 7.72. The fraction of sp³-hybridized carbons (Fsp3) is 0.586. The first-order chi connectivity index (χ1) is 18.4. The highest BCUT2D eigenvalue weighted by atomic mass is 16.5. The molecule has 9 nitrogen and oxygen atoms in total. The van der Waals surface area contributed by atoms with E-state index in [4.69, 9.17) is 4.74 Å². The number of hydrogen-bond donors (Lipinski definition) is 3. The normalized spacial score (nSPS) is 25.6. The van der Waals surface area contributed by atoms with Gasteiger partial charge in [0, 0.05) is 36.3 Å². The number of hydrogen-bond acceptors (Lipinski definition) is 5. The standard InChI is InChI=1S/C29H38N4O5/c1-3-7-24(34)22(14-17-9-6-13-30-27(17)35)32-28(36)26-19-10-4-8-18(19)16-33(26)29(37)23-15-20-21(31-23)11-5-12-25(20)38-2/h5,11-12,15,17-19,22,26,31H,3-4,6-10,13-14,16H2,1-2H3,(H,30,35)(H,32,36). The van der Waals surface area contributed by atoms with Crippen molar-refractivity contribution in [3.05, 3.63) is 30.0 Å². The van der Waals surface area contributed by atoms with Gasteiger partial charge in [-0.1, -0.05) is 19.4 Å². The molecule has 1 aliphatic carbocycles. The monoisotopic (exact) mass is 522 g/mol. The molecule has 5 atom stereocenters. The largest absolute Gasteiger partial charge is 0.496 e. The minimum absolute atomic E-state index is 0.0532. The molecular weight excluding hydrogens is 484 g/mol. The third-order valence-corrected chi connectivity index (χ3v) is 8.62. The van der Waals surface area contributed by atoms with Crippen LogP contribution in [0.2, 0.25) is 0 Å². The van der Waals surface area contributed by atoms with E-state index in [-0.39, 0.29) is 41.3 Å². The number of piperidine rings is 1. The lowest BCUT2D eigenvalue weighted by Crippen LogP contribution is -2.53. The average molecular weight is 523 g/mol. The summed E-state index contributed by atoms with van der Waals surface area (Å²) in [5.74, 6) is 0.0998. The lowest BCUT2D eigenvalue weighted by molar-refractivity contribution is -0.133. The quantitative estimate of drug-likeness (QED) is 0.467. The van der Waals surface area contributed by atoms with Gasteiger partial charge in [0.15, 0.2) is 5.78 Å². The molecule has 2 saturated heterocycles. The zero-order valence-corrected chi connectivity index (χ0v) is 22.3. The van der Waals surface area contributed by atoms with Crippen LogP contribution in [0, 0.1) is 17.8 Å². The fourth-order valence-electron chi connectivity index (χ4n) is 6.72. The molecule has 9 heteroatoms. The van der Waals surface area contributed by atoms with E-state index in [9.17, 15) is 19.2 Å². The zero-order valence-electron chi connectivity index (χ0n) is 22.3. The maximum absolute atomic E-state index is 13.9. The summed E-state index contributed by atoms with van der Waals surface area (Å²) in [5, 5.41) is 6.71. The number of methoxy groups -OCH3 is 1. The topological polar surface area (TPSA) is 121 Å². The number of nitrogens with zero attached hydrogens (tertiary/aromatic N) is 1. The van der Waals surface area contributed by atoms with E-state index in [1.807, 2.05) is 25.1 Å². The summed E-state index contributed by atoms with van der Waals surface area (Å²) in [6.45, 7) is 3.10. The summed E-state index contributed by atoms with van der Waals surface area (Å²) < 4.78 is 5.45. The molecule has 3 fully saturated rings. The lowest BCUT2D eigenvalue weighted by atomic mass is 9.88. The SMILES string of the molecule is CCCC(=O)C(CC1CCCNC1=O)NC(=O)C1C2CCCC2CN1C(=O)c1cc2c(OC)cccc2[nH]1. The van der Waals surface area contributed by atoms with Crippen LogP contribution in [-0.4, -0.2) is 65.7 Å². The molecule has 204 valence electrons. The minimum atomic E-state index is -0.731. The molecule has 5 unspecified atom stereocenters. The Bertz CT molecular complexity index is 1220. The van der Waals surface area contributed by atoms with E-state index in [2.05, 4.69) is 15.6 Å². The third-order valence-electron chi connectivity index (χ3n) is 8.62. The number of ketones is 1. The first-order valence-corrected chi connectivity index (χ1v) is 14.0. The maximum atomic E-state index is 13.9. The fourth-order valence-corrected chi connectivity index (χ4v) is 6.72. The summed E-state index contributed by atoms with van der Waals surface area (Å²) in [6, 6.07) is 6.02. The van der Waals surface area contributed by atoms with E-state index in [1.54, 1.807) is 18.1 Å². The van der Waals surface area contributed by atoms with Crippen LogP contribution in [0.15, 0.2) is 24.3 Å². The molecule has 0 spiro atoms. The third kappa shape index (κ3) is 5.02. The number of nitrogens with one attached hydrogen (secondary N) is 3. The summed E-state index contributed by atoms with van der Waals surface area (Å²) in [7, 11) is 1.60. The highest BCUT2D eigenvalue weighted by molar-refractivity contribution is 6.02. The number of carbonyl (C=O) groups excluding carboxylic acids is 4. The predicted molar refractivity (Wildman–Crippen MR) is 143 cm³/mol. The van der Waals surface area contributed by atoms with E-state index < -0.39 is 12.1 Å². The average Bonchev–Trinajstić information content (AvgIpc) is 3.63. The first kappa shape index (κ1) is 26.3. The number of Topliss-reactive ketones (excluding diaryl/α,β-unsaturated/α-hetero) is 1. The Morgan fingerprint density at radius 3 is 2.79 bits per heavy atom. The molecule has 2 aliphatic heterocycles. The summed E-state index contributed by atoms with van der Waals surface area (Å²) >= 11 is 0. The molecule has 3 heterocycles. The van der Waals surface area contributed by atoms with Crippen molar-refractivity contribution in [3.8, 4) is 5.75 Å². The Hall–Kier alpha value is -3.36. The number of rotatable bonds is 9. The first-order valence-electron chi connectivity index (χ1n) is 14.0. The number of H-pyrrole nitrogens is 1. The van der Waals surface area contributed by atoms with Crippen molar-refractivity contribution in [1.29, 1.82) is 0 Å². The molecular formula is C29H38N4O5. The number of carbonyl (C=O) groups is 4. The van der Waals surface area contributed by atoms with Gasteiger partial charge < -0.3 is 25.3 Å². The molecule has 0 bridgehead atoms. The van der Waals surface area contributed by atoms with E-state index in [1.165, 1.54) is 0 Å². The Balaban J connectivity index is 1.39. The highest BCUT2D eigenvalue weighted by Gasteiger charge is 2.50. The van der Waals surface area contributed by atoms with Crippen LogP contribution in [0.1, 0.15) is 68.8 Å². The van der Waals surface area contributed by atoms with Gasteiger partial charge >= 0.3 is 0 Å². The van der Waals surface area contributed by atoms with Crippen LogP contribution in [0.3, 0.4) is 0 Å². The second kappa shape index (κ2) is 11.2. The van der Waals surface area contributed by atoms with Gasteiger partial charge in [-0.25, -0.2) is 0 Å². The number of ether oxygens (including phenoxy) is 1. The molecule has 38 heavy (non-hydrogen) atoms. The highest BCUT2D eigenvalue weighted by Crippen LogP contribution is 2.43. The van der Waals surface area contributed by atoms with Crippen LogP contribution in [0.5, 0.6) is 5.75 Å². The van der Waals surface area contributed by atoms with Crippen molar-refractivity contribution >= 4 is 34.4 Å². The van der Waals surface area contributed by atoms with Crippen molar-refractivity contribution in [1.82, 2.24) is 20.5 Å². The van der Waals surface area contributed by atoms with E-state index >= 15 is 0 Å². The van der Waals surface area contributed by atoms with Crippen molar-refractivity contribution in [2.45, 2.75) is 70.4 Å². The van der Waals surface area contributed by atoms with Crippen molar-refractivity contribution in [2.24, 2.45) is 17.8 Å². The number of aromatic amines is 1. The minimum Gasteiger partial charge on any atom is -0.496 e. The summed E-state index contributed by atoms with van der Waals surface area (Å²) in [5.41, 5.74) is 1.21. The van der Waals surface area contributed by atoms with Gasteiger partial charge in [0.25, 0.3) is 5.91 Å². The summed E-state index contributed by atoms with van der Waals surface area (Å²) in [6.07, 6.45) is 5.78. The maximum Gasteiger partial charge on any atom is 0.271 e. The number of likely N-dealkylation sites (tertiary alicyclic amines) is 1. The van der Waals surface area contributed by atoms with Crippen LogP contribution in [0.4, 0.5) is 0 Å². The van der Waals surface area contributed by atoms with Gasteiger partial charge in [-0.2, -0.15) is 0 Å². The van der Waals surface area contributed by atoms with Gasteiger partial charge in [0.05, 0.1) is 13.2 Å². The summed E-state index contributed by atoms with van der Waals surface area (Å²) in [4.78, 5) is 58.0. The predicted octanol–water partition coefficient (Wildman–Crippen LogP) is 3.19. The second-order valence-corrected chi connectivity index (χ2v) is 11.0. The van der Waals surface area contributed by atoms with Crippen LogP contribution in [-0.2, 0) is 14.4 Å². The van der Waals surface area contributed by atoms with Gasteiger partial charge in [0.2, 0.25) is 11.8 Å². The van der Waals surface area contributed by atoms with Crippen molar-refractivity contribution < 1.29 is 23.9 Å². The van der Waals surface area contributed by atoms with Crippen LogP contribution < -0.4 is 15.4 Å². The molecule has 5 rings (SSSR count). The van der Waals surface area contributed by atoms with Gasteiger partial charge in [0.1, 0.15) is 17.5 Å². The zero-order chi connectivity index (χ0) is 26.8. The molecule has 1 aromatic heterocycles. The number of fused-ring (bicyclic) bond motifs is 2. The molecule has 0 radical (unpaired) electrons. The van der Waals surface area contributed by atoms with Gasteiger partial charge in [-0.05, 0) is 68.6 Å². The molecule has 3 aliphatic rings. The van der Waals surface area contributed by atoms with Crippen LogP contribution >= 0.6 is 0 Å². The Labute approximate surface area is 223 Å². The number of amides is 3. The van der Waals surface area contributed by atoms with Crippen LogP contribution in [0.25, 0.3) is 10.9 Å². The lowest BCUT2D eigenvalue weighted by Gasteiger charge is -2.30. The molecule has 1 saturated carbocycles. The second-order valence-electron chi connectivity index (χ2n) is 11.0. The van der Waals surface area contributed by atoms with E-state index in [0.29, 0.717) is 50.2 Å². The molecule has 3 N–H and O–H groups in total. The number of benzene rings is 1. The molecule has 3 amide bonds. The molecule has 1 aromatic carbocycles. The van der Waals surface area contributed by atoms with Gasteiger partial charge in [-0.15, -0.1) is 0 Å². The molecule has 2 aromatic rings. The Morgan fingerprint density at radius 2 is 2.03 bits per heavy atom. The van der Waals surface area contributed by atoms with Crippen molar-refractivity contribution in [2.75, 3.05) is 20.2 Å². The van der Waals surface area contributed by atoms with E-state index in [0.717, 1.165) is 36.6 Å². The number of aromatic nitrogens is 1.